The average molecular weight is 282 g/mol. The van der Waals surface area contributed by atoms with Crippen molar-refractivity contribution >= 4 is 5.69 Å². The molecule has 1 atom stereocenters. The number of ether oxygens (including phenoxy) is 1. The number of nitrogens with zero attached hydrogens (tertiary/aromatic N) is 3. The lowest BCUT2D eigenvalue weighted by Crippen LogP contribution is -2.42. The Labute approximate surface area is 118 Å². The molecule has 0 fully saturated rings. The van der Waals surface area contributed by atoms with Gasteiger partial charge in [0.1, 0.15) is 12.0 Å². The fourth-order valence-corrected chi connectivity index (χ4v) is 2.00. The molecule has 0 spiro atoms. The van der Waals surface area contributed by atoms with Gasteiger partial charge >= 0.3 is 5.69 Å². The van der Waals surface area contributed by atoms with Gasteiger partial charge in [-0.1, -0.05) is 27.7 Å². The molecule has 1 heterocycles. The molecule has 7 heteroatoms. The number of nitrogens with one attached hydrogen (secondary N) is 1. The average Bonchev–Trinajstić information content (AvgIpc) is 2.36. The van der Waals surface area contributed by atoms with Gasteiger partial charge in [-0.2, -0.15) is 4.98 Å². The van der Waals surface area contributed by atoms with Gasteiger partial charge < -0.3 is 10.1 Å². The SMILES string of the molecule is CCNC(Cc1ncnc(OC)c1[N+](=O)[O-])C(C)(C)C. The summed E-state index contributed by atoms with van der Waals surface area (Å²) in [6.07, 6.45) is 1.75. The number of hydrogen-bond donors (Lipinski definition) is 1. The molecule has 1 N–H and O–H groups in total. The van der Waals surface area contributed by atoms with Crippen LogP contribution in [0, 0.1) is 15.5 Å². The van der Waals surface area contributed by atoms with Gasteiger partial charge in [-0.05, 0) is 12.0 Å². The van der Waals surface area contributed by atoms with E-state index in [0.29, 0.717) is 12.1 Å². The third kappa shape index (κ3) is 3.86. The van der Waals surface area contributed by atoms with Gasteiger partial charge in [-0.15, -0.1) is 0 Å². The van der Waals surface area contributed by atoms with Crippen LogP contribution in [-0.4, -0.2) is 34.6 Å². The molecular formula is C13H22N4O3. The van der Waals surface area contributed by atoms with E-state index in [0.717, 1.165) is 6.54 Å². The van der Waals surface area contributed by atoms with E-state index in [9.17, 15) is 10.1 Å². The van der Waals surface area contributed by atoms with E-state index in [1.807, 2.05) is 6.92 Å². The van der Waals surface area contributed by atoms with E-state index in [2.05, 4.69) is 36.1 Å². The molecule has 112 valence electrons. The quantitative estimate of drug-likeness (QED) is 0.633. The molecule has 0 aliphatic heterocycles. The second-order valence-corrected chi connectivity index (χ2v) is 5.62. The van der Waals surface area contributed by atoms with Crippen LogP contribution in [0.2, 0.25) is 0 Å². The topological polar surface area (TPSA) is 90.2 Å². The number of nitro groups is 1. The van der Waals surface area contributed by atoms with E-state index in [4.69, 9.17) is 4.74 Å². The summed E-state index contributed by atoms with van der Waals surface area (Å²) in [5.41, 5.74) is 0.201. The third-order valence-corrected chi connectivity index (χ3v) is 3.13. The molecule has 7 nitrogen and oxygen atoms in total. The Morgan fingerprint density at radius 1 is 1.45 bits per heavy atom. The molecule has 0 radical (unpaired) electrons. The highest BCUT2D eigenvalue weighted by Gasteiger charge is 2.30. The molecule has 20 heavy (non-hydrogen) atoms. The van der Waals surface area contributed by atoms with Gasteiger partial charge in [0.05, 0.1) is 12.0 Å². The largest absolute Gasteiger partial charge is 0.476 e. The van der Waals surface area contributed by atoms with Crippen molar-refractivity contribution in [3.05, 3.63) is 22.1 Å². The van der Waals surface area contributed by atoms with Crippen LogP contribution in [0.25, 0.3) is 0 Å². The Morgan fingerprint density at radius 3 is 2.55 bits per heavy atom. The molecule has 0 aliphatic rings. The first-order valence-corrected chi connectivity index (χ1v) is 6.56. The first kappa shape index (κ1) is 16.3. The Balaban J connectivity index is 3.16. The van der Waals surface area contributed by atoms with Crippen LogP contribution in [-0.2, 0) is 6.42 Å². The smallest absolute Gasteiger partial charge is 0.352 e. The summed E-state index contributed by atoms with van der Waals surface area (Å²) in [7, 11) is 1.37. The maximum Gasteiger partial charge on any atom is 0.352 e. The second kappa shape index (κ2) is 6.60. The van der Waals surface area contributed by atoms with Crippen LogP contribution < -0.4 is 10.1 Å². The van der Waals surface area contributed by atoms with Gasteiger partial charge in [0, 0.05) is 12.5 Å². The van der Waals surface area contributed by atoms with Crippen molar-refractivity contribution in [1.29, 1.82) is 0 Å². The summed E-state index contributed by atoms with van der Waals surface area (Å²) in [5, 5.41) is 14.6. The minimum absolute atomic E-state index is 0.00385. The minimum Gasteiger partial charge on any atom is -0.476 e. The molecular weight excluding hydrogens is 260 g/mol. The van der Waals surface area contributed by atoms with Crippen molar-refractivity contribution in [3.63, 3.8) is 0 Å². The van der Waals surface area contributed by atoms with Crippen LogP contribution in [0.1, 0.15) is 33.4 Å². The van der Waals surface area contributed by atoms with E-state index < -0.39 is 4.92 Å². The van der Waals surface area contributed by atoms with E-state index in [1.165, 1.54) is 13.4 Å². The molecule has 0 bridgehead atoms. The van der Waals surface area contributed by atoms with Gasteiger partial charge in [0.2, 0.25) is 0 Å². The number of aromatic nitrogens is 2. The molecule has 0 saturated carbocycles. The number of likely N-dealkylation sites (N-methyl/N-ethyl adjacent to an activating group) is 1. The van der Waals surface area contributed by atoms with Crippen LogP contribution in [0.3, 0.4) is 0 Å². The highest BCUT2D eigenvalue weighted by Crippen LogP contribution is 2.30. The summed E-state index contributed by atoms with van der Waals surface area (Å²) in [5.74, 6) is 0.00385. The molecule has 1 rings (SSSR count). The Hall–Kier alpha value is -1.76. The van der Waals surface area contributed by atoms with Crippen molar-refractivity contribution < 1.29 is 9.66 Å². The first-order chi connectivity index (χ1) is 9.31. The fraction of sp³-hybridized carbons (Fsp3) is 0.692. The number of rotatable bonds is 6. The van der Waals surface area contributed by atoms with Crippen molar-refractivity contribution in [1.82, 2.24) is 15.3 Å². The normalized spacial score (nSPS) is 13.1. The standard InChI is InChI=1S/C13H22N4O3/c1-6-14-10(13(2,3)4)7-9-11(17(18)19)12(20-5)16-8-15-9/h8,10,14H,6-7H2,1-5H3. The first-order valence-electron chi connectivity index (χ1n) is 6.56. The molecule has 1 unspecified atom stereocenters. The number of methoxy groups -OCH3 is 1. The van der Waals surface area contributed by atoms with Gasteiger partial charge in [-0.25, -0.2) is 4.98 Å². The van der Waals surface area contributed by atoms with Crippen LogP contribution in [0.15, 0.2) is 6.33 Å². The van der Waals surface area contributed by atoms with Crippen molar-refractivity contribution in [2.24, 2.45) is 5.41 Å². The maximum atomic E-state index is 11.2. The zero-order chi connectivity index (χ0) is 15.3. The molecule has 0 aromatic carbocycles. The maximum absolute atomic E-state index is 11.2. The van der Waals surface area contributed by atoms with Crippen LogP contribution in [0.5, 0.6) is 5.88 Å². The van der Waals surface area contributed by atoms with Crippen molar-refractivity contribution in [3.8, 4) is 5.88 Å². The monoisotopic (exact) mass is 282 g/mol. The summed E-state index contributed by atoms with van der Waals surface area (Å²) in [4.78, 5) is 18.6. The lowest BCUT2D eigenvalue weighted by molar-refractivity contribution is -0.387. The lowest BCUT2D eigenvalue weighted by atomic mass is 9.83. The Bertz CT molecular complexity index is 471. The van der Waals surface area contributed by atoms with Gasteiger partial charge in [-0.3, -0.25) is 10.1 Å². The highest BCUT2D eigenvalue weighted by molar-refractivity contribution is 5.45. The highest BCUT2D eigenvalue weighted by atomic mass is 16.6. The van der Waals surface area contributed by atoms with Crippen molar-refractivity contribution in [2.75, 3.05) is 13.7 Å². The van der Waals surface area contributed by atoms with Crippen LogP contribution >= 0.6 is 0 Å². The number of hydrogen-bond acceptors (Lipinski definition) is 6. The predicted molar refractivity (Wildman–Crippen MR) is 75.9 cm³/mol. The zero-order valence-electron chi connectivity index (χ0n) is 12.6. The molecule has 1 aromatic heterocycles. The molecule has 0 saturated heterocycles. The fourth-order valence-electron chi connectivity index (χ4n) is 2.00. The predicted octanol–water partition coefficient (Wildman–Crippen LogP) is 1.96. The molecule has 0 amide bonds. The van der Waals surface area contributed by atoms with E-state index in [-0.39, 0.29) is 23.0 Å². The van der Waals surface area contributed by atoms with Gasteiger partial charge in [0.15, 0.2) is 0 Å². The molecule has 1 aromatic rings. The van der Waals surface area contributed by atoms with Crippen molar-refractivity contribution in [2.45, 2.75) is 40.2 Å². The van der Waals surface area contributed by atoms with E-state index in [1.54, 1.807) is 0 Å². The summed E-state index contributed by atoms with van der Waals surface area (Å²) >= 11 is 0. The molecule has 0 aliphatic carbocycles. The summed E-state index contributed by atoms with van der Waals surface area (Å²) in [6.45, 7) is 9.06. The Kier molecular flexibility index (Phi) is 5.38. The summed E-state index contributed by atoms with van der Waals surface area (Å²) < 4.78 is 4.96. The summed E-state index contributed by atoms with van der Waals surface area (Å²) in [6, 6.07) is 0.0748. The Morgan fingerprint density at radius 2 is 2.10 bits per heavy atom. The van der Waals surface area contributed by atoms with Crippen LogP contribution in [0.4, 0.5) is 5.69 Å². The minimum atomic E-state index is -0.486. The lowest BCUT2D eigenvalue weighted by Gasteiger charge is -2.31. The third-order valence-electron chi connectivity index (χ3n) is 3.13. The second-order valence-electron chi connectivity index (χ2n) is 5.62. The van der Waals surface area contributed by atoms with E-state index >= 15 is 0 Å². The van der Waals surface area contributed by atoms with Gasteiger partial charge in [0.25, 0.3) is 5.88 Å². The zero-order valence-corrected chi connectivity index (χ0v) is 12.6.